The molecule has 1 unspecified atom stereocenters. The largest absolute Gasteiger partial charge is 0.207 e. The molecule has 1 rings (SSSR count). The van der Waals surface area contributed by atoms with Crippen LogP contribution in [0.1, 0.15) is 25.8 Å². The van der Waals surface area contributed by atoms with Gasteiger partial charge in [0.1, 0.15) is 11.6 Å². The lowest BCUT2D eigenvalue weighted by molar-refractivity contribution is 0.544. The highest BCUT2D eigenvalue weighted by molar-refractivity contribution is 6.20. The predicted molar refractivity (Wildman–Crippen MR) is 59.2 cm³/mol. The van der Waals surface area contributed by atoms with Gasteiger partial charge in [0.25, 0.3) is 0 Å². The summed E-state index contributed by atoms with van der Waals surface area (Å²) in [6.07, 6.45) is 1.15. The van der Waals surface area contributed by atoms with E-state index in [4.69, 9.17) is 11.6 Å². The Kier molecular flexibility index (Phi) is 4.52. The first-order valence-corrected chi connectivity index (χ1v) is 5.52. The summed E-state index contributed by atoms with van der Waals surface area (Å²) in [5.74, 6) is -0.408. The molecule has 0 aliphatic rings. The second-order valence-electron chi connectivity index (χ2n) is 4.03. The molecular formula is C12H15ClF2. The van der Waals surface area contributed by atoms with Crippen molar-refractivity contribution < 1.29 is 8.78 Å². The van der Waals surface area contributed by atoms with Gasteiger partial charge in [-0.2, -0.15) is 0 Å². The van der Waals surface area contributed by atoms with Crippen LogP contribution >= 0.6 is 11.6 Å². The summed E-state index contributed by atoms with van der Waals surface area (Å²) in [5, 5.41) is 0.00710. The highest BCUT2D eigenvalue weighted by atomic mass is 35.5. The number of benzene rings is 1. The van der Waals surface area contributed by atoms with Crippen molar-refractivity contribution in [3.05, 3.63) is 35.4 Å². The quantitative estimate of drug-likeness (QED) is 0.684. The van der Waals surface area contributed by atoms with Crippen molar-refractivity contribution in [1.82, 2.24) is 0 Å². The van der Waals surface area contributed by atoms with Gasteiger partial charge in [-0.25, -0.2) is 8.78 Å². The molecule has 0 saturated heterocycles. The molecule has 0 heterocycles. The lowest BCUT2D eigenvalue weighted by Crippen LogP contribution is -2.09. The average Bonchev–Trinajstić information content (AvgIpc) is 2.18. The summed E-state index contributed by atoms with van der Waals surface area (Å²) in [6, 6.07) is 3.52. The van der Waals surface area contributed by atoms with Gasteiger partial charge in [0.15, 0.2) is 0 Å². The van der Waals surface area contributed by atoms with Gasteiger partial charge in [-0.3, -0.25) is 0 Å². The van der Waals surface area contributed by atoms with Gasteiger partial charge in [0, 0.05) is 5.38 Å². The Balaban J connectivity index is 2.61. The van der Waals surface area contributed by atoms with E-state index in [1.807, 2.05) is 13.8 Å². The number of alkyl halides is 1. The minimum atomic E-state index is -0.401. The SMILES string of the molecule is CC(C)C(Cl)CCc1cc(F)ccc1F. The molecule has 0 aromatic heterocycles. The minimum absolute atomic E-state index is 0.00710. The molecule has 1 aromatic rings. The molecule has 0 fully saturated rings. The van der Waals surface area contributed by atoms with Gasteiger partial charge >= 0.3 is 0 Å². The first-order chi connectivity index (χ1) is 7.00. The summed E-state index contributed by atoms with van der Waals surface area (Å²) >= 11 is 6.04. The average molecular weight is 233 g/mol. The normalized spacial score (nSPS) is 13.2. The van der Waals surface area contributed by atoms with Crippen molar-refractivity contribution in [3.63, 3.8) is 0 Å². The third-order valence-electron chi connectivity index (χ3n) is 2.42. The Bertz CT molecular complexity index is 323. The standard InChI is InChI=1S/C12H15ClF2/c1-8(2)11(13)5-3-9-7-10(14)4-6-12(9)15/h4,6-8,11H,3,5H2,1-2H3. The molecule has 1 atom stereocenters. The van der Waals surface area contributed by atoms with E-state index < -0.39 is 5.82 Å². The molecule has 3 heteroatoms. The summed E-state index contributed by atoms with van der Waals surface area (Å²) in [6.45, 7) is 4.03. The number of hydrogen-bond donors (Lipinski definition) is 0. The van der Waals surface area contributed by atoms with Crippen molar-refractivity contribution in [2.45, 2.75) is 32.1 Å². The maximum absolute atomic E-state index is 13.2. The monoisotopic (exact) mass is 232 g/mol. The fraction of sp³-hybridized carbons (Fsp3) is 0.500. The van der Waals surface area contributed by atoms with E-state index in [2.05, 4.69) is 0 Å². The molecule has 0 radical (unpaired) electrons. The molecule has 0 amide bonds. The summed E-state index contributed by atoms with van der Waals surface area (Å²) in [7, 11) is 0. The van der Waals surface area contributed by atoms with E-state index in [0.29, 0.717) is 24.3 Å². The van der Waals surface area contributed by atoms with E-state index >= 15 is 0 Å². The van der Waals surface area contributed by atoms with Crippen LogP contribution in [0.25, 0.3) is 0 Å². The lowest BCUT2D eigenvalue weighted by atomic mass is 10.0. The van der Waals surface area contributed by atoms with E-state index in [9.17, 15) is 8.78 Å². The topological polar surface area (TPSA) is 0 Å². The van der Waals surface area contributed by atoms with Crippen LogP contribution in [0.15, 0.2) is 18.2 Å². The molecule has 0 aliphatic carbocycles. The van der Waals surface area contributed by atoms with Gasteiger partial charge in [0.05, 0.1) is 0 Å². The van der Waals surface area contributed by atoms with Crippen LogP contribution in [0.3, 0.4) is 0 Å². The summed E-state index contributed by atoms with van der Waals surface area (Å²) in [4.78, 5) is 0. The first-order valence-electron chi connectivity index (χ1n) is 5.08. The van der Waals surface area contributed by atoms with Crippen LogP contribution < -0.4 is 0 Å². The van der Waals surface area contributed by atoms with E-state index in [0.717, 1.165) is 12.1 Å². The summed E-state index contributed by atoms with van der Waals surface area (Å²) < 4.78 is 26.0. The van der Waals surface area contributed by atoms with E-state index in [-0.39, 0.29) is 11.2 Å². The van der Waals surface area contributed by atoms with Gasteiger partial charge in [0.2, 0.25) is 0 Å². The zero-order valence-electron chi connectivity index (χ0n) is 8.93. The molecule has 1 aromatic carbocycles. The lowest BCUT2D eigenvalue weighted by Gasteiger charge is -2.13. The van der Waals surface area contributed by atoms with Crippen LogP contribution in [0, 0.1) is 17.6 Å². The zero-order valence-corrected chi connectivity index (χ0v) is 9.69. The second-order valence-corrected chi connectivity index (χ2v) is 4.60. The minimum Gasteiger partial charge on any atom is -0.207 e. The van der Waals surface area contributed by atoms with Gasteiger partial charge < -0.3 is 0 Å². The van der Waals surface area contributed by atoms with Crippen molar-refractivity contribution in [3.8, 4) is 0 Å². The van der Waals surface area contributed by atoms with Crippen molar-refractivity contribution in [2.75, 3.05) is 0 Å². The second kappa shape index (κ2) is 5.45. The number of aryl methyl sites for hydroxylation is 1. The van der Waals surface area contributed by atoms with Gasteiger partial charge in [-0.1, -0.05) is 13.8 Å². The third kappa shape index (κ3) is 3.78. The molecule has 0 spiro atoms. The van der Waals surface area contributed by atoms with Crippen molar-refractivity contribution >= 4 is 11.6 Å². The fourth-order valence-electron chi connectivity index (χ4n) is 1.36. The van der Waals surface area contributed by atoms with Crippen LogP contribution in [-0.4, -0.2) is 5.38 Å². The number of rotatable bonds is 4. The maximum Gasteiger partial charge on any atom is 0.126 e. The molecule has 0 bridgehead atoms. The Morgan fingerprint density at radius 2 is 1.93 bits per heavy atom. The highest BCUT2D eigenvalue weighted by Gasteiger charge is 2.11. The van der Waals surface area contributed by atoms with Crippen molar-refractivity contribution in [1.29, 1.82) is 0 Å². The van der Waals surface area contributed by atoms with Crippen LogP contribution in [0.4, 0.5) is 8.78 Å². The third-order valence-corrected chi connectivity index (χ3v) is 3.14. The predicted octanol–water partition coefficient (Wildman–Crippen LogP) is 4.16. The molecular weight excluding hydrogens is 218 g/mol. The number of hydrogen-bond acceptors (Lipinski definition) is 0. The molecule has 0 aliphatic heterocycles. The number of halogens is 3. The molecule has 15 heavy (non-hydrogen) atoms. The fourth-order valence-corrected chi connectivity index (χ4v) is 1.47. The molecule has 0 saturated carbocycles. The van der Waals surface area contributed by atoms with E-state index in [1.54, 1.807) is 0 Å². The highest BCUT2D eigenvalue weighted by Crippen LogP contribution is 2.18. The Morgan fingerprint density at radius 3 is 2.53 bits per heavy atom. The smallest absolute Gasteiger partial charge is 0.126 e. The zero-order chi connectivity index (χ0) is 11.4. The molecule has 0 nitrogen and oxygen atoms in total. The molecule has 0 N–H and O–H groups in total. The first kappa shape index (κ1) is 12.4. The van der Waals surface area contributed by atoms with Crippen LogP contribution in [0.2, 0.25) is 0 Å². The van der Waals surface area contributed by atoms with Gasteiger partial charge in [-0.15, -0.1) is 11.6 Å². The van der Waals surface area contributed by atoms with E-state index in [1.165, 1.54) is 6.07 Å². The van der Waals surface area contributed by atoms with Crippen molar-refractivity contribution in [2.24, 2.45) is 5.92 Å². The molecule has 84 valence electrons. The Labute approximate surface area is 94.3 Å². The van der Waals surface area contributed by atoms with Crippen LogP contribution in [-0.2, 0) is 6.42 Å². The maximum atomic E-state index is 13.2. The Morgan fingerprint density at radius 1 is 1.27 bits per heavy atom. The van der Waals surface area contributed by atoms with Crippen LogP contribution in [0.5, 0.6) is 0 Å². The summed E-state index contributed by atoms with van der Waals surface area (Å²) in [5.41, 5.74) is 0.404. The Hall–Kier alpha value is -0.630. The van der Waals surface area contributed by atoms with Gasteiger partial charge in [-0.05, 0) is 42.5 Å².